The van der Waals surface area contributed by atoms with Crippen molar-refractivity contribution >= 4 is 15.9 Å². The first-order chi connectivity index (χ1) is 9.42. The Labute approximate surface area is 132 Å². The minimum atomic E-state index is 0.244. The van der Waals surface area contributed by atoms with Crippen molar-refractivity contribution in [2.75, 3.05) is 13.7 Å². The number of nitrogens with one attached hydrogen (secondary N) is 1. The van der Waals surface area contributed by atoms with Gasteiger partial charge in [-0.1, -0.05) is 34.8 Å². The number of ether oxygens (including phenoxy) is 1. The molecule has 0 atom stereocenters. The lowest BCUT2D eigenvalue weighted by atomic mass is 10.1. The fourth-order valence-corrected chi connectivity index (χ4v) is 2.67. The molecule has 114 valence electrons. The Hall–Kier alpha value is -0.540. The molecule has 0 saturated heterocycles. The third kappa shape index (κ3) is 7.30. The van der Waals surface area contributed by atoms with Crippen LogP contribution in [0.25, 0.3) is 0 Å². The van der Waals surface area contributed by atoms with E-state index in [-0.39, 0.29) is 5.54 Å². The maximum absolute atomic E-state index is 5.21. The minimum absolute atomic E-state index is 0.244. The molecule has 0 radical (unpaired) electrons. The quantitative estimate of drug-likeness (QED) is 0.675. The summed E-state index contributed by atoms with van der Waals surface area (Å²) in [5, 5.41) is 3.53. The molecule has 0 aliphatic rings. The van der Waals surface area contributed by atoms with Gasteiger partial charge in [-0.25, -0.2) is 0 Å². The lowest BCUT2D eigenvalue weighted by Crippen LogP contribution is -2.36. The van der Waals surface area contributed by atoms with Crippen LogP contribution in [0.1, 0.15) is 52.0 Å². The Balaban J connectivity index is 2.15. The maximum atomic E-state index is 5.21. The molecule has 0 saturated carbocycles. The van der Waals surface area contributed by atoms with E-state index >= 15 is 0 Å². The van der Waals surface area contributed by atoms with Gasteiger partial charge < -0.3 is 10.1 Å². The summed E-state index contributed by atoms with van der Waals surface area (Å²) >= 11 is 3.61. The van der Waals surface area contributed by atoms with E-state index in [1.54, 1.807) is 7.11 Å². The molecule has 0 aliphatic carbocycles. The van der Waals surface area contributed by atoms with Gasteiger partial charge in [-0.15, -0.1) is 0 Å². The van der Waals surface area contributed by atoms with Gasteiger partial charge in [0.25, 0.3) is 0 Å². The monoisotopic (exact) mass is 341 g/mol. The maximum Gasteiger partial charge on any atom is 0.120 e. The molecule has 1 N–H and O–H groups in total. The number of hydrogen-bond acceptors (Lipinski definition) is 2. The molecule has 0 fully saturated rings. The molecular weight excluding hydrogens is 314 g/mol. The van der Waals surface area contributed by atoms with Gasteiger partial charge in [0.2, 0.25) is 0 Å². The Morgan fingerprint density at radius 1 is 1.10 bits per heavy atom. The van der Waals surface area contributed by atoms with E-state index in [1.165, 1.54) is 31.2 Å². The normalized spacial score (nSPS) is 11.7. The van der Waals surface area contributed by atoms with Crippen molar-refractivity contribution in [3.05, 3.63) is 28.2 Å². The van der Waals surface area contributed by atoms with Crippen molar-refractivity contribution in [3.8, 4) is 5.75 Å². The second-order valence-electron chi connectivity index (χ2n) is 6.30. The zero-order valence-corrected chi connectivity index (χ0v) is 14.8. The van der Waals surface area contributed by atoms with Gasteiger partial charge >= 0.3 is 0 Å². The van der Waals surface area contributed by atoms with Crippen LogP contribution in [0.3, 0.4) is 0 Å². The van der Waals surface area contributed by atoms with Gasteiger partial charge in [0.1, 0.15) is 5.75 Å². The van der Waals surface area contributed by atoms with Crippen LogP contribution in [-0.2, 0) is 6.42 Å². The fourth-order valence-electron chi connectivity index (χ4n) is 2.12. The van der Waals surface area contributed by atoms with Crippen LogP contribution in [0.2, 0.25) is 0 Å². The summed E-state index contributed by atoms with van der Waals surface area (Å²) in [4.78, 5) is 0. The zero-order valence-electron chi connectivity index (χ0n) is 13.3. The Bertz CT molecular complexity index is 398. The lowest BCUT2D eigenvalue weighted by Gasteiger charge is -2.20. The highest BCUT2D eigenvalue weighted by molar-refractivity contribution is 9.10. The van der Waals surface area contributed by atoms with Crippen LogP contribution >= 0.6 is 15.9 Å². The topological polar surface area (TPSA) is 21.3 Å². The lowest BCUT2D eigenvalue weighted by molar-refractivity contribution is 0.414. The molecule has 20 heavy (non-hydrogen) atoms. The molecule has 1 rings (SSSR count). The molecule has 0 heterocycles. The van der Waals surface area contributed by atoms with E-state index in [1.807, 2.05) is 12.1 Å². The highest BCUT2D eigenvalue weighted by atomic mass is 79.9. The predicted octanol–water partition coefficient (Wildman–Crippen LogP) is 4.95. The third-order valence-corrected chi connectivity index (χ3v) is 4.03. The van der Waals surface area contributed by atoms with Crippen molar-refractivity contribution in [2.45, 2.75) is 58.4 Å². The predicted molar refractivity (Wildman–Crippen MR) is 90.6 cm³/mol. The molecule has 3 heteroatoms. The molecule has 2 nitrogen and oxygen atoms in total. The van der Waals surface area contributed by atoms with Crippen LogP contribution in [0.4, 0.5) is 0 Å². The van der Waals surface area contributed by atoms with Gasteiger partial charge in [0.05, 0.1) is 7.11 Å². The Morgan fingerprint density at radius 2 is 1.80 bits per heavy atom. The summed E-state index contributed by atoms with van der Waals surface area (Å²) in [6.45, 7) is 7.77. The van der Waals surface area contributed by atoms with Crippen molar-refractivity contribution in [1.82, 2.24) is 5.32 Å². The van der Waals surface area contributed by atoms with Gasteiger partial charge in [-0.3, -0.25) is 0 Å². The number of benzene rings is 1. The third-order valence-electron chi connectivity index (χ3n) is 3.29. The number of hydrogen-bond donors (Lipinski definition) is 1. The molecule has 0 aromatic heterocycles. The number of halogens is 1. The first kappa shape index (κ1) is 17.5. The summed E-state index contributed by atoms with van der Waals surface area (Å²) < 4.78 is 6.37. The highest BCUT2D eigenvalue weighted by Crippen LogP contribution is 2.24. The summed E-state index contributed by atoms with van der Waals surface area (Å²) in [6.07, 6.45) is 6.25. The molecule has 1 aromatic rings. The molecule has 0 amide bonds. The molecule has 0 aliphatic heterocycles. The van der Waals surface area contributed by atoms with Crippen LogP contribution in [0, 0.1) is 0 Å². The minimum Gasteiger partial charge on any atom is -0.497 e. The highest BCUT2D eigenvalue weighted by Gasteiger charge is 2.07. The van der Waals surface area contributed by atoms with Crippen molar-refractivity contribution in [2.24, 2.45) is 0 Å². The first-order valence-corrected chi connectivity index (χ1v) is 8.29. The first-order valence-electron chi connectivity index (χ1n) is 7.50. The Morgan fingerprint density at radius 3 is 2.40 bits per heavy atom. The fraction of sp³-hybridized carbons (Fsp3) is 0.647. The number of methoxy groups -OCH3 is 1. The van der Waals surface area contributed by atoms with Gasteiger partial charge in [0.15, 0.2) is 0 Å². The number of aryl methyl sites for hydroxylation is 1. The average Bonchev–Trinajstić information content (AvgIpc) is 2.37. The van der Waals surface area contributed by atoms with E-state index in [2.05, 4.69) is 48.1 Å². The SMILES string of the molecule is COc1ccc(CCCCCCNC(C)(C)C)c(Br)c1. The van der Waals surface area contributed by atoms with E-state index in [4.69, 9.17) is 4.74 Å². The number of unbranched alkanes of at least 4 members (excludes halogenated alkanes) is 3. The van der Waals surface area contributed by atoms with Crippen molar-refractivity contribution in [3.63, 3.8) is 0 Å². The summed E-state index contributed by atoms with van der Waals surface area (Å²) in [5.41, 5.74) is 1.62. The van der Waals surface area contributed by atoms with Crippen molar-refractivity contribution in [1.29, 1.82) is 0 Å². The summed E-state index contributed by atoms with van der Waals surface area (Å²) in [5.74, 6) is 0.911. The van der Waals surface area contributed by atoms with E-state index in [0.717, 1.165) is 23.2 Å². The summed E-state index contributed by atoms with van der Waals surface area (Å²) in [7, 11) is 1.70. The van der Waals surface area contributed by atoms with Crippen molar-refractivity contribution < 1.29 is 4.74 Å². The van der Waals surface area contributed by atoms with E-state index < -0.39 is 0 Å². The molecule has 0 bridgehead atoms. The van der Waals surface area contributed by atoms with E-state index in [9.17, 15) is 0 Å². The van der Waals surface area contributed by atoms with Gasteiger partial charge in [-0.2, -0.15) is 0 Å². The Kier molecular flexibility index (Phi) is 7.60. The number of rotatable bonds is 8. The zero-order chi connectivity index (χ0) is 15.0. The standard InChI is InChI=1S/C17H28BrNO/c1-17(2,3)19-12-8-6-5-7-9-14-10-11-15(20-4)13-16(14)18/h10-11,13,19H,5-9,12H2,1-4H3. The second-order valence-corrected chi connectivity index (χ2v) is 7.15. The molecule has 0 spiro atoms. The van der Waals surface area contributed by atoms with Gasteiger partial charge in [0, 0.05) is 10.0 Å². The average molecular weight is 342 g/mol. The smallest absolute Gasteiger partial charge is 0.120 e. The molecule has 0 unspecified atom stereocenters. The van der Waals surface area contributed by atoms with Gasteiger partial charge in [-0.05, 0) is 64.3 Å². The van der Waals surface area contributed by atoms with Crippen LogP contribution in [0.5, 0.6) is 5.75 Å². The van der Waals surface area contributed by atoms with Crippen LogP contribution in [0.15, 0.2) is 22.7 Å². The molecular formula is C17H28BrNO. The second kappa shape index (κ2) is 8.68. The largest absolute Gasteiger partial charge is 0.497 e. The van der Waals surface area contributed by atoms with Crippen LogP contribution in [-0.4, -0.2) is 19.2 Å². The summed E-state index contributed by atoms with van der Waals surface area (Å²) in [6, 6.07) is 6.24. The van der Waals surface area contributed by atoms with E-state index in [0.29, 0.717) is 0 Å². The van der Waals surface area contributed by atoms with Crippen LogP contribution < -0.4 is 10.1 Å². The molecule has 1 aromatic carbocycles.